The van der Waals surface area contributed by atoms with Crippen LogP contribution in [0.5, 0.6) is 0 Å². The summed E-state index contributed by atoms with van der Waals surface area (Å²) in [5, 5.41) is 0.655. The van der Waals surface area contributed by atoms with Gasteiger partial charge in [0.05, 0.1) is 16.6 Å². The van der Waals surface area contributed by atoms with Gasteiger partial charge >= 0.3 is 0 Å². The molecule has 0 bridgehead atoms. The third-order valence-corrected chi connectivity index (χ3v) is 3.34. The summed E-state index contributed by atoms with van der Waals surface area (Å²) in [5.41, 5.74) is 1.58. The molecule has 15 heavy (non-hydrogen) atoms. The number of alkyl halides is 1. The zero-order chi connectivity index (χ0) is 10.8. The Hall–Kier alpha value is -0.510. The van der Waals surface area contributed by atoms with Gasteiger partial charge in [-0.05, 0) is 34.1 Å². The van der Waals surface area contributed by atoms with Crippen molar-refractivity contribution in [3.63, 3.8) is 0 Å². The zero-order valence-electron chi connectivity index (χ0n) is 7.51. The molecule has 78 valence electrons. The van der Waals surface area contributed by atoms with Crippen LogP contribution in [-0.2, 0) is 5.88 Å². The molecule has 0 N–H and O–H groups in total. The Bertz CT molecular complexity index is 484. The monoisotopic (exact) mass is 305 g/mol. The van der Waals surface area contributed by atoms with Crippen molar-refractivity contribution in [1.29, 1.82) is 0 Å². The van der Waals surface area contributed by atoms with Gasteiger partial charge in [0.2, 0.25) is 5.89 Å². The van der Waals surface area contributed by atoms with E-state index in [1.165, 1.54) is 0 Å². The Morgan fingerprint density at radius 3 is 2.80 bits per heavy atom. The third kappa shape index (κ3) is 2.36. The number of halogens is 3. The van der Waals surface area contributed by atoms with Crippen molar-refractivity contribution in [1.82, 2.24) is 4.98 Å². The largest absolute Gasteiger partial charge is 0.444 e. The van der Waals surface area contributed by atoms with Crippen molar-refractivity contribution in [2.45, 2.75) is 5.88 Å². The summed E-state index contributed by atoms with van der Waals surface area (Å²) >= 11 is 14.9. The predicted octanol–water partition coefficient (Wildman–Crippen LogP) is 4.50. The first-order valence-electron chi connectivity index (χ1n) is 4.16. The Morgan fingerprint density at radius 2 is 2.20 bits per heavy atom. The Kier molecular flexibility index (Phi) is 3.34. The Labute approximate surface area is 105 Å². The molecule has 0 atom stereocenters. The lowest BCUT2D eigenvalue weighted by atomic mass is 10.2. The molecule has 0 saturated carbocycles. The van der Waals surface area contributed by atoms with E-state index in [0.717, 1.165) is 15.7 Å². The molecule has 0 fully saturated rings. The summed E-state index contributed by atoms with van der Waals surface area (Å²) < 4.78 is 6.09. The van der Waals surface area contributed by atoms with Gasteiger partial charge < -0.3 is 4.42 Å². The quantitative estimate of drug-likeness (QED) is 0.764. The minimum Gasteiger partial charge on any atom is -0.444 e. The molecule has 0 saturated heterocycles. The number of aromatic nitrogens is 1. The van der Waals surface area contributed by atoms with Gasteiger partial charge in [-0.1, -0.05) is 11.6 Å². The maximum Gasteiger partial charge on any atom is 0.226 e. The van der Waals surface area contributed by atoms with Crippen LogP contribution in [0.15, 0.2) is 33.4 Å². The van der Waals surface area contributed by atoms with Crippen LogP contribution in [0.2, 0.25) is 5.02 Å². The molecule has 2 nitrogen and oxygen atoms in total. The number of rotatable bonds is 2. The summed E-state index contributed by atoms with van der Waals surface area (Å²) in [6, 6.07) is 5.48. The maximum atomic E-state index is 5.88. The molecule has 0 amide bonds. The number of benzene rings is 1. The average molecular weight is 307 g/mol. The summed E-state index contributed by atoms with van der Waals surface area (Å²) in [6.07, 6.45) is 1.55. The van der Waals surface area contributed by atoms with Crippen molar-refractivity contribution in [3.8, 4) is 11.5 Å². The molecule has 0 aliphatic carbocycles. The van der Waals surface area contributed by atoms with E-state index < -0.39 is 0 Å². The van der Waals surface area contributed by atoms with Crippen molar-refractivity contribution < 1.29 is 4.42 Å². The fourth-order valence-corrected chi connectivity index (χ4v) is 1.75. The Morgan fingerprint density at radius 1 is 1.40 bits per heavy atom. The first-order valence-corrected chi connectivity index (χ1v) is 5.87. The van der Waals surface area contributed by atoms with Crippen LogP contribution in [0.25, 0.3) is 11.5 Å². The van der Waals surface area contributed by atoms with Crippen LogP contribution >= 0.6 is 39.1 Å². The molecule has 0 aliphatic heterocycles. The highest BCUT2D eigenvalue weighted by molar-refractivity contribution is 9.10. The van der Waals surface area contributed by atoms with Gasteiger partial charge in [-0.2, -0.15) is 0 Å². The number of hydrogen-bond acceptors (Lipinski definition) is 2. The molecule has 2 aromatic rings. The van der Waals surface area contributed by atoms with Crippen LogP contribution < -0.4 is 0 Å². The van der Waals surface area contributed by atoms with E-state index in [-0.39, 0.29) is 0 Å². The van der Waals surface area contributed by atoms with Crippen LogP contribution in [-0.4, -0.2) is 4.98 Å². The lowest BCUT2D eigenvalue weighted by Crippen LogP contribution is -1.80. The molecule has 0 radical (unpaired) electrons. The van der Waals surface area contributed by atoms with E-state index in [4.69, 9.17) is 27.6 Å². The highest BCUT2D eigenvalue weighted by atomic mass is 79.9. The fourth-order valence-electron chi connectivity index (χ4n) is 1.13. The van der Waals surface area contributed by atoms with Gasteiger partial charge in [0.15, 0.2) is 0 Å². The van der Waals surface area contributed by atoms with Crippen LogP contribution in [0.4, 0.5) is 0 Å². The molecule has 2 rings (SSSR count). The molecule has 1 aromatic carbocycles. The highest BCUT2D eigenvalue weighted by Gasteiger charge is 2.07. The van der Waals surface area contributed by atoms with Gasteiger partial charge in [-0.15, -0.1) is 11.6 Å². The minimum absolute atomic E-state index is 0.345. The molecular weight excluding hydrogens is 301 g/mol. The average Bonchev–Trinajstić information content (AvgIpc) is 2.70. The van der Waals surface area contributed by atoms with Crippen molar-refractivity contribution in [2.24, 2.45) is 0 Å². The molecule has 0 spiro atoms. The standard InChI is InChI=1S/C10H6BrCl2NO/c11-8-3-6(1-2-9(8)13)10-14-7(4-12)5-15-10/h1-3,5H,4H2. The topological polar surface area (TPSA) is 26.0 Å². The van der Waals surface area contributed by atoms with Crippen LogP contribution in [0.3, 0.4) is 0 Å². The number of hydrogen-bond donors (Lipinski definition) is 0. The summed E-state index contributed by atoms with van der Waals surface area (Å²) in [7, 11) is 0. The fraction of sp³-hybridized carbons (Fsp3) is 0.100. The molecule has 1 aromatic heterocycles. The van der Waals surface area contributed by atoms with E-state index >= 15 is 0 Å². The van der Waals surface area contributed by atoms with Gasteiger partial charge in [0.1, 0.15) is 6.26 Å². The summed E-state index contributed by atoms with van der Waals surface area (Å²) in [4.78, 5) is 4.21. The van der Waals surface area contributed by atoms with Gasteiger partial charge in [-0.25, -0.2) is 4.98 Å². The van der Waals surface area contributed by atoms with Crippen molar-refractivity contribution in [3.05, 3.63) is 39.7 Å². The lowest BCUT2D eigenvalue weighted by molar-refractivity contribution is 0.573. The maximum absolute atomic E-state index is 5.88. The number of nitrogens with zero attached hydrogens (tertiary/aromatic N) is 1. The molecule has 0 unspecified atom stereocenters. The number of oxazole rings is 1. The summed E-state index contributed by atoms with van der Waals surface area (Å²) in [5.74, 6) is 0.890. The van der Waals surface area contributed by atoms with E-state index in [0.29, 0.717) is 16.8 Å². The van der Waals surface area contributed by atoms with E-state index in [9.17, 15) is 0 Å². The van der Waals surface area contributed by atoms with Gasteiger partial charge in [0.25, 0.3) is 0 Å². The molecule has 0 aliphatic rings. The van der Waals surface area contributed by atoms with E-state index in [1.807, 2.05) is 12.1 Å². The minimum atomic E-state index is 0.345. The van der Waals surface area contributed by atoms with Crippen LogP contribution in [0.1, 0.15) is 5.69 Å². The third-order valence-electron chi connectivity index (χ3n) is 1.86. The van der Waals surface area contributed by atoms with Crippen molar-refractivity contribution >= 4 is 39.1 Å². The molecule has 1 heterocycles. The smallest absolute Gasteiger partial charge is 0.226 e. The first-order chi connectivity index (χ1) is 7.20. The summed E-state index contributed by atoms with van der Waals surface area (Å²) in [6.45, 7) is 0. The zero-order valence-corrected chi connectivity index (χ0v) is 10.6. The SMILES string of the molecule is ClCc1coc(-c2ccc(Cl)c(Br)c2)n1. The second-order valence-electron chi connectivity index (χ2n) is 2.91. The predicted molar refractivity (Wildman–Crippen MR) is 64.2 cm³/mol. The Balaban J connectivity index is 2.40. The van der Waals surface area contributed by atoms with Crippen LogP contribution in [0, 0.1) is 0 Å². The molecule has 5 heteroatoms. The van der Waals surface area contributed by atoms with Crippen molar-refractivity contribution in [2.75, 3.05) is 0 Å². The second-order valence-corrected chi connectivity index (χ2v) is 4.44. The second kappa shape index (κ2) is 4.56. The van der Waals surface area contributed by atoms with Gasteiger partial charge in [0, 0.05) is 10.0 Å². The van der Waals surface area contributed by atoms with E-state index in [2.05, 4.69) is 20.9 Å². The first kappa shape index (κ1) is 11.0. The lowest BCUT2D eigenvalue weighted by Gasteiger charge is -1.98. The van der Waals surface area contributed by atoms with E-state index in [1.54, 1.807) is 12.3 Å². The van der Waals surface area contributed by atoms with Gasteiger partial charge in [-0.3, -0.25) is 0 Å². The molecular formula is C10H6BrCl2NO. The highest BCUT2D eigenvalue weighted by Crippen LogP contribution is 2.28. The normalized spacial score (nSPS) is 10.6.